The van der Waals surface area contributed by atoms with Crippen LogP contribution in [0.2, 0.25) is 0 Å². The highest BCUT2D eigenvalue weighted by Crippen LogP contribution is 2.15. The fourth-order valence-electron chi connectivity index (χ4n) is 3.11. The summed E-state index contributed by atoms with van der Waals surface area (Å²) in [5.74, 6) is 1.16. The second-order valence-electron chi connectivity index (χ2n) is 6.92. The fourth-order valence-corrected chi connectivity index (χ4v) is 3.11. The number of unbranched alkanes of at least 4 members (excludes halogenated alkanes) is 3. The summed E-state index contributed by atoms with van der Waals surface area (Å²) >= 11 is 0. The van der Waals surface area contributed by atoms with Crippen LogP contribution in [0.3, 0.4) is 0 Å². The number of rotatable bonds is 10. The maximum Gasteiger partial charge on any atom is 0.222 e. The van der Waals surface area contributed by atoms with Crippen molar-refractivity contribution in [2.75, 3.05) is 19.6 Å². The van der Waals surface area contributed by atoms with Crippen LogP contribution < -0.4 is 10.6 Å². The van der Waals surface area contributed by atoms with Crippen molar-refractivity contribution in [2.45, 2.75) is 65.5 Å². The predicted molar refractivity (Wildman–Crippen MR) is 123 cm³/mol. The van der Waals surface area contributed by atoms with Gasteiger partial charge in [-0.15, -0.1) is 24.0 Å². The Hall–Kier alpha value is -1.31. The number of hydrogen-bond donors (Lipinski definition) is 2. The van der Waals surface area contributed by atoms with E-state index in [1.165, 1.54) is 36.8 Å². The van der Waals surface area contributed by atoms with E-state index in [9.17, 15) is 4.79 Å². The second kappa shape index (κ2) is 13.8. The summed E-state index contributed by atoms with van der Waals surface area (Å²) in [4.78, 5) is 18.3. The van der Waals surface area contributed by atoms with Crippen LogP contribution in [-0.4, -0.2) is 36.4 Å². The zero-order chi connectivity index (χ0) is 18.6. The maximum atomic E-state index is 11.7. The Morgan fingerprint density at radius 3 is 2.44 bits per heavy atom. The molecule has 0 unspecified atom stereocenters. The Morgan fingerprint density at radius 1 is 1.07 bits per heavy atom. The lowest BCUT2D eigenvalue weighted by Gasteiger charge is -2.15. The van der Waals surface area contributed by atoms with E-state index < -0.39 is 0 Å². The van der Waals surface area contributed by atoms with E-state index in [1.807, 2.05) is 4.90 Å². The van der Waals surface area contributed by atoms with Crippen LogP contribution in [0.1, 0.15) is 63.5 Å². The van der Waals surface area contributed by atoms with Gasteiger partial charge in [-0.3, -0.25) is 4.79 Å². The predicted octanol–water partition coefficient (Wildman–Crippen LogP) is 4.06. The molecule has 27 heavy (non-hydrogen) atoms. The number of nitrogens with zero attached hydrogens (tertiary/aromatic N) is 2. The van der Waals surface area contributed by atoms with Crippen molar-refractivity contribution in [3.63, 3.8) is 0 Å². The first-order chi connectivity index (χ1) is 12.7. The molecule has 0 spiro atoms. The van der Waals surface area contributed by atoms with Crippen molar-refractivity contribution in [3.8, 4) is 0 Å². The van der Waals surface area contributed by atoms with Gasteiger partial charge in [0, 0.05) is 32.6 Å². The van der Waals surface area contributed by atoms with Gasteiger partial charge in [0.1, 0.15) is 0 Å². The van der Waals surface area contributed by atoms with Crippen LogP contribution in [0.4, 0.5) is 0 Å². The molecule has 5 nitrogen and oxygen atoms in total. The van der Waals surface area contributed by atoms with E-state index in [1.54, 1.807) is 0 Å². The van der Waals surface area contributed by atoms with E-state index >= 15 is 0 Å². The van der Waals surface area contributed by atoms with E-state index in [0.29, 0.717) is 13.0 Å². The number of likely N-dealkylation sites (tertiary alicyclic amines) is 1. The molecule has 152 valence electrons. The van der Waals surface area contributed by atoms with Gasteiger partial charge in [-0.25, -0.2) is 4.99 Å². The number of amides is 1. The lowest BCUT2D eigenvalue weighted by atomic mass is 10.1. The zero-order valence-corrected chi connectivity index (χ0v) is 19.1. The number of halogens is 1. The number of carbonyl (C=O) groups is 1. The second-order valence-corrected chi connectivity index (χ2v) is 6.92. The molecule has 1 aliphatic heterocycles. The van der Waals surface area contributed by atoms with Crippen LogP contribution >= 0.6 is 24.0 Å². The first-order valence-electron chi connectivity index (χ1n) is 10.1. The Balaban J connectivity index is 0.00000364. The summed E-state index contributed by atoms with van der Waals surface area (Å²) < 4.78 is 0. The van der Waals surface area contributed by atoms with Gasteiger partial charge in [-0.05, 0) is 30.9 Å². The van der Waals surface area contributed by atoms with Gasteiger partial charge in [0.05, 0.1) is 6.54 Å². The molecule has 6 heteroatoms. The third-order valence-electron chi connectivity index (χ3n) is 4.65. The van der Waals surface area contributed by atoms with Crippen LogP contribution in [0, 0.1) is 0 Å². The smallest absolute Gasteiger partial charge is 0.222 e. The molecule has 0 bridgehead atoms. The average Bonchev–Trinajstić information content (AvgIpc) is 3.05. The van der Waals surface area contributed by atoms with E-state index in [0.717, 1.165) is 38.6 Å². The molecular formula is C21H35IN4O. The summed E-state index contributed by atoms with van der Waals surface area (Å²) in [5, 5.41) is 6.71. The summed E-state index contributed by atoms with van der Waals surface area (Å²) in [6, 6.07) is 8.46. The molecule has 1 amide bonds. The minimum Gasteiger partial charge on any atom is -0.357 e. The zero-order valence-electron chi connectivity index (χ0n) is 16.8. The lowest BCUT2D eigenvalue weighted by Crippen LogP contribution is -2.37. The van der Waals surface area contributed by atoms with Crippen molar-refractivity contribution in [2.24, 2.45) is 4.99 Å². The van der Waals surface area contributed by atoms with Crippen molar-refractivity contribution in [1.82, 2.24) is 15.5 Å². The minimum absolute atomic E-state index is 0. The third kappa shape index (κ3) is 8.95. The molecule has 1 saturated heterocycles. The number of nitrogens with one attached hydrogen (secondary N) is 2. The number of aliphatic imine (C=N–C) groups is 1. The normalized spacial score (nSPS) is 14.2. The number of carbonyl (C=O) groups excluding carboxylic acids is 1. The highest BCUT2D eigenvalue weighted by molar-refractivity contribution is 14.0. The molecule has 0 radical (unpaired) electrons. The lowest BCUT2D eigenvalue weighted by molar-refractivity contribution is -0.128. The van der Waals surface area contributed by atoms with Gasteiger partial charge in [0.15, 0.2) is 5.96 Å². The number of benzene rings is 1. The summed E-state index contributed by atoms with van der Waals surface area (Å²) in [5.41, 5.74) is 2.37. The molecule has 2 rings (SSSR count). The highest BCUT2D eigenvalue weighted by Gasteiger charge is 2.19. The van der Waals surface area contributed by atoms with Crippen LogP contribution in [-0.2, 0) is 17.9 Å². The molecule has 0 aromatic heterocycles. The molecule has 1 aromatic rings. The van der Waals surface area contributed by atoms with Crippen molar-refractivity contribution < 1.29 is 4.79 Å². The topological polar surface area (TPSA) is 56.7 Å². The maximum absolute atomic E-state index is 11.7. The van der Waals surface area contributed by atoms with E-state index in [4.69, 9.17) is 0 Å². The standard InChI is InChI=1S/C21H34N4O.HI/c1-3-5-6-7-14-23-21(22-4-2)24-16-18-10-12-19(13-11-18)17-25-15-8-9-20(25)26;/h10-13H,3-9,14-17H2,1-2H3,(H2,22,23,24);1H. The average molecular weight is 486 g/mol. The van der Waals surface area contributed by atoms with Gasteiger partial charge in [-0.2, -0.15) is 0 Å². The summed E-state index contributed by atoms with van der Waals surface area (Å²) in [6.45, 7) is 8.42. The fraction of sp³-hybridized carbons (Fsp3) is 0.619. The van der Waals surface area contributed by atoms with Crippen molar-refractivity contribution in [1.29, 1.82) is 0 Å². The first-order valence-corrected chi connectivity index (χ1v) is 10.1. The minimum atomic E-state index is 0. The Kier molecular flexibility index (Phi) is 12.1. The molecule has 0 aliphatic carbocycles. The van der Waals surface area contributed by atoms with Crippen LogP contribution in [0.25, 0.3) is 0 Å². The van der Waals surface area contributed by atoms with Gasteiger partial charge in [0.2, 0.25) is 5.91 Å². The number of guanidine groups is 1. The Bertz CT molecular complexity index is 574. The molecule has 2 N–H and O–H groups in total. The van der Waals surface area contributed by atoms with Crippen molar-refractivity contribution in [3.05, 3.63) is 35.4 Å². The van der Waals surface area contributed by atoms with Gasteiger partial charge in [-0.1, -0.05) is 50.5 Å². The monoisotopic (exact) mass is 486 g/mol. The third-order valence-corrected chi connectivity index (χ3v) is 4.65. The van der Waals surface area contributed by atoms with Gasteiger partial charge >= 0.3 is 0 Å². The van der Waals surface area contributed by atoms with Crippen LogP contribution in [0.15, 0.2) is 29.3 Å². The molecular weight excluding hydrogens is 451 g/mol. The van der Waals surface area contributed by atoms with Gasteiger partial charge < -0.3 is 15.5 Å². The Labute approximate surface area is 181 Å². The number of hydrogen-bond acceptors (Lipinski definition) is 2. The molecule has 0 saturated carbocycles. The first kappa shape index (κ1) is 23.7. The molecule has 1 aromatic carbocycles. The Morgan fingerprint density at radius 2 is 1.81 bits per heavy atom. The van der Waals surface area contributed by atoms with E-state index in [2.05, 4.69) is 53.7 Å². The summed E-state index contributed by atoms with van der Waals surface area (Å²) in [7, 11) is 0. The quantitative estimate of drug-likeness (QED) is 0.227. The van der Waals surface area contributed by atoms with Gasteiger partial charge in [0.25, 0.3) is 0 Å². The molecule has 1 fully saturated rings. The molecule has 0 atom stereocenters. The SMILES string of the molecule is CCCCCCNC(=NCc1ccc(CN2CCCC2=O)cc1)NCC.I. The molecule has 1 aliphatic rings. The largest absolute Gasteiger partial charge is 0.357 e. The van der Waals surface area contributed by atoms with Crippen molar-refractivity contribution >= 4 is 35.8 Å². The molecule has 1 heterocycles. The summed E-state index contributed by atoms with van der Waals surface area (Å²) in [6.07, 6.45) is 6.70. The van der Waals surface area contributed by atoms with E-state index in [-0.39, 0.29) is 29.9 Å². The highest BCUT2D eigenvalue weighted by atomic mass is 127. The van der Waals surface area contributed by atoms with Crippen LogP contribution in [0.5, 0.6) is 0 Å².